The molecule has 0 spiro atoms. The molecule has 0 radical (unpaired) electrons. The summed E-state index contributed by atoms with van der Waals surface area (Å²) in [6, 6.07) is 2.56. The third kappa shape index (κ3) is 2.63. The minimum atomic E-state index is -3.04. The Bertz CT molecular complexity index is 485. The summed E-state index contributed by atoms with van der Waals surface area (Å²) in [5.74, 6) is -0.516. The van der Waals surface area contributed by atoms with Crippen molar-refractivity contribution in [1.29, 1.82) is 5.26 Å². The maximum atomic E-state index is 12.7. The van der Waals surface area contributed by atoms with Crippen molar-refractivity contribution in [2.45, 2.75) is 12.8 Å². The number of nitro groups is 1. The van der Waals surface area contributed by atoms with E-state index in [1.54, 1.807) is 6.07 Å². The number of hydrogen-bond donors (Lipinski definition) is 0. The molecule has 1 aromatic rings. The quantitative estimate of drug-likeness (QED) is 0.596. The van der Waals surface area contributed by atoms with Crippen LogP contribution in [-0.2, 0) is 6.42 Å². The second kappa shape index (κ2) is 5.16. The van der Waals surface area contributed by atoms with Gasteiger partial charge in [0.2, 0.25) is 0 Å². The SMILES string of the molecule is COc1nc(CC#N)cc(C(F)F)c1[N+](=O)[O-]. The molecule has 0 saturated heterocycles. The van der Waals surface area contributed by atoms with E-state index in [1.807, 2.05) is 0 Å². The first-order chi connectivity index (χ1) is 8.01. The molecule has 0 aliphatic rings. The fourth-order valence-corrected chi connectivity index (χ4v) is 1.25. The van der Waals surface area contributed by atoms with Crippen LogP contribution in [-0.4, -0.2) is 17.0 Å². The number of aromatic nitrogens is 1. The van der Waals surface area contributed by atoms with E-state index in [9.17, 15) is 18.9 Å². The van der Waals surface area contributed by atoms with Crippen LogP contribution < -0.4 is 4.74 Å². The minimum Gasteiger partial charge on any atom is -0.476 e. The van der Waals surface area contributed by atoms with E-state index < -0.39 is 28.5 Å². The molecule has 0 aliphatic carbocycles. The molecule has 1 rings (SSSR count). The number of nitriles is 1. The van der Waals surface area contributed by atoms with Crippen molar-refractivity contribution in [2.75, 3.05) is 7.11 Å². The number of halogens is 2. The van der Waals surface area contributed by atoms with Crippen LogP contribution in [0.4, 0.5) is 14.5 Å². The van der Waals surface area contributed by atoms with Gasteiger partial charge < -0.3 is 4.74 Å². The Morgan fingerprint density at radius 2 is 2.35 bits per heavy atom. The zero-order chi connectivity index (χ0) is 13.0. The van der Waals surface area contributed by atoms with E-state index >= 15 is 0 Å². The van der Waals surface area contributed by atoms with Gasteiger partial charge in [0.05, 0.1) is 30.2 Å². The molecular formula is C9H7F2N3O3. The molecule has 0 aliphatic heterocycles. The lowest BCUT2D eigenvalue weighted by Crippen LogP contribution is -2.04. The number of methoxy groups -OCH3 is 1. The summed E-state index contributed by atoms with van der Waals surface area (Å²) < 4.78 is 29.9. The van der Waals surface area contributed by atoms with Crippen molar-refractivity contribution in [3.63, 3.8) is 0 Å². The third-order valence-corrected chi connectivity index (χ3v) is 1.91. The smallest absolute Gasteiger partial charge is 0.339 e. The number of alkyl halides is 2. The van der Waals surface area contributed by atoms with Crippen LogP contribution in [0.3, 0.4) is 0 Å². The summed E-state index contributed by atoms with van der Waals surface area (Å²) in [6.45, 7) is 0. The van der Waals surface area contributed by atoms with Gasteiger partial charge in [0.1, 0.15) is 5.56 Å². The van der Waals surface area contributed by atoms with Crippen LogP contribution in [0.5, 0.6) is 5.88 Å². The molecule has 1 heterocycles. The topological polar surface area (TPSA) is 89.0 Å². The highest BCUT2D eigenvalue weighted by atomic mass is 19.3. The summed E-state index contributed by atoms with van der Waals surface area (Å²) in [5.41, 5.74) is -1.67. The molecule has 0 aromatic carbocycles. The van der Waals surface area contributed by atoms with Crippen LogP contribution >= 0.6 is 0 Å². The molecule has 6 nitrogen and oxygen atoms in total. The van der Waals surface area contributed by atoms with Gasteiger partial charge in [-0.25, -0.2) is 13.8 Å². The second-order valence-corrected chi connectivity index (χ2v) is 2.95. The molecule has 0 unspecified atom stereocenters. The monoisotopic (exact) mass is 243 g/mol. The number of pyridine rings is 1. The molecule has 0 amide bonds. The summed E-state index contributed by atoms with van der Waals surface area (Å²) in [7, 11) is 1.08. The summed E-state index contributed by atoms with van der Waals surface area (Å²) in [4.78, 5) is 13.3. The average Bonchev–Trinajstić information content (AvgIpc) is 2.27. The molecule has 17 heavy (non-hydrogen) atoms. The molecule has 1 aromatic heterocycles. The van der Waals surface area contributed by atoms with E-state index in [1.165, 1.54) is 0 Å². The first-order valence-electron chi connectivity index (χ1n) is 4.38. The Morgan fingerprint density at radius 3 is 2.76 bits per heavy atom. The molecule has 90 valence electrons. The van der Waals surface area contributed by atoms with Gasteiger partial charge in [-0.3, -0.25) is 10.1 Å². The largest absolute Gasteiger partial charge is 0.476 e. The highest BCUT2D eigenvalue weighted by molar-refractivity contribution is 5.50. The lowest BCUT2D eigenvalue weighted by Gasteiger charge is -2.07. The third-order valence-electron chi connectivity index (χ3n) is 1.91. The second-order valence-electron chi connectivity index (χ2n) is 2.95. The van der Waals surface area contributed by atoms with Crippen LogP contribution in [0, 0.1) is 21.4 Å². The Kier molecular flexibility index (Phi) is 3.87. The van der Waals surface area contributed by atoms with Gasteiger partial charge in [-0.1, -0.05) is 0 Å². The van der Waals surface area contributed by atoms with E-state index in [0.717, 1.165) is 13.2 Å². The van der Waals surface area contributed by atoms with Gasteiger partial charge in [-0.05, 0) is 6.07 Å². The van der Waals surface area contributed by atoms with Gasteiger partial charge in [0.25, 0.3) is 12.3 Å². The van der Waals surface area contributed by atoms with Gasteiger partial charge in [0, 0.05) is 0 Å². The summed E-state index contributed by atoms with van der Waals surface area (Å²) in [6.07, 6.45) is -3.27. The fourth-order valence-electron chi connectivity index (χ4n) is 1.25. The van der Waals surface area contributed by atoms with Gasteiger partial charge in [-0.15, -0.1) is 0 Å². The minimum absolute atomic E-state index is 0.00486. The number of ether oxygens (including phenoxy) is 1. The van der Waals surface area contributed by atoms with E-state index in [2.05, 4.69) is 9.72 Å². The van der Waals surface area contributed by atoms with Crippen molar-refractivity contribution in [3.05, 3.63) is 27.4 Å². The van der Waals surface area contributed by atoms with Crippen LogP contribution in [0.25, 0.3) is 0 Å². The maximum absolute atomic E-state index is 12.7. The zero-order valence-corrected chi connectivity index (χ0v) is 8.68. The first-order valence-corrected chi connectivity index (χ1v) is 4.38. The Balaban J connectivity index is 3.47. The lowest BCUT2D eigenvalue weighted by molar-refractivity contribution is -0.387. The standard InChI is InChI=1S/C9H7F2N3O3/c1-17-9-7(14(15)16)6(8(10)11)4-5(13-9)2-3-12/h4,8H,2H2,1H3. The number of nitrogens with zero attached hydrogens (tertiary/aromatic N) is 3. The van der Waals surface area contributed by atoms with Gasteiger partial charge in [0.15, 0.2) is 0 Å². The van der Waals surface area contributed by atoms with Crippen molar-refractivity contribution >= 4 is 5.69 Å². The lowest BCUT2D eigenvalue weighted by atomic mass is 10.1. The maximum Gasteiger partial charge on any atom is 0.339 e. The molecule has 0 N–H and O–H groups in total. The van der Waals surface area contributed by atoms with Crippen molar-refractivity contribution in [2.24, 2.45) is 0 Å². The van der Waals surface area contributed by atoms with Crippen LogP contribution in [0.2, 0.25) is 0 Å². The molecule has 0 fully saturated rings. The van der Waals surface area contributed by atoms with Crippen molar-refractivity contribution < 1.29 is 18.4 Å². The first kappa shape index (κ1) is 12.8. The Hall–Kier alpha value is -2.30. The van der Waals surface area contributed by atoms with Crippen LogP contribution in [0.1, 0.15) is 17.7 Å². The fraction of sp³-hybridized carbons (Fsp3) is 0.333. The summed E-state index contributed by atoms with van der Waals surface area (Å²) >= 11 is 0. The van der Waals surface area contributed by atoms with E-state index in [-0.39, 0.29) is 12.1 Å². The molecular weight excluding hydrogens is 236 g/mol. The molecule has 0 bridgehead atoms. The highest BCUT2D eigenvalue weighted by Gasteiger charge is 2.29. The van der Waals surface area contributed by atoms with Crippen molar-refractivity contribution in [3.8, 4) is 11.9 Å². The van der Waals surface area contributed by atoms with E-state index in [0.29, 0.717) is 0 Å². The molecule has 8 heteroatoms. The van der Waals surface area contributed by atoms with E-state index in [4.69, 9.17) is 5.26 Å². The van der Waals surface area contributed by atoms with Crippen LogP contribution in [0.15, 0.2) is 6.07 Å². The van der Waals surface area contributed by atoms with Crippen molar-refractivity contribution in [1.82, 2.24) is 4.98 Å². The molecule has 0 saturated carbocycles. The number of hydrogen-bond acceptors (Lipinski definition) is 5. The zero-order valence-electron chi connectivity index (χ0n) is 8.68. The molecule has 0 atom stereocenters. The van der Waals surface area contributed by atoms with Gasteiger partial charge in [-0.2, -0.15) is 5.26 Å². The normalized spacial score (nSPS) is 10.1. The number of rotatable bonds is 4. The predicted octanol–water partition coefficient (Wildman–Crippen LogP) is 2.00. The predicted molar refractivity (Wildman–Crippen MR) is 51.7 cm³/mol. The Morgan fingerprint density at radius 1 is 1.71 bits per heavy atom. The Labute approximate surface area is 94.6 Å². The average molecular weight is 243 g/mol. The highest BCUT2D eigenvalue weighted by Crippen LogP contribution is 2.35. The van der Waals surface area contributed by atoms with Gasteiger partial charge >= 0.3 is 5.69 Å². The summed E-state index contributed by atoms with van der Waals surface area (Å²) in [5, 5.41) is 19.1.